The second-order valence-electron chi connectivity index (χ2n) is 4.23. The monoisotopic (exact) mass is 252 g/mol. The summed E-state index contributed by atoms with van der Waals surface area (Å²) in [4.78, 5) is 16.1. The molecular weight excluding hydrogens is 240 g/mol. The largest absolute Gasteiger partial charge is 0.371 e. The quantitative estimate of drug-likeness (QED) is 0.566. The average Bonchev–Trinajstić information content (AvgIpc) is 3.02. The second kappa shape index (κ2) is 3.51. The Morgan fingerprint density at radius 1 is 1.53 bits per heavy atom. The summed E-state index contributed by atoms with van der Waals surface area (Å²) in [5.74, 6) is 0. The van der Waals surface area contributed by atoms with Crippen LogP contribution in [-0.4, -0.2) is 31.4 Å². The molecule has 0 aromatic carbocycles. The fourth-order valence-electron chi connectivity index (χ4n) is 1.93. The van der Waals surface area contributed by atoms with Gasteiger partial charge in [0.25, 0.3) is 0 Å². The van der Waals surface area contributed by atoms with Crippen molar-refractivity contribution in [3.05, 3.63) is 21.5 Å². The predicted molar refractivity (Wildman–Crippen MR) is 64.5 cm³/mol. The van der Waals surface area contributed by atoms with Crippen LogP contribution < -0.4 is 5.69 Å². The number of nitrogens with zero attached hydrogens (tertiary/aromatic N) is 4. The summed E-state index contributed by atoms with van der Waals surface area (Å²) in [7, 11) is 3.37. The van der Waals surface area contributed by atoms with Crippen LogP contribution in [0.2, 0.25) is 0 Å². The summed E-state index contributed by atoms with van der Waals surface area (Å²) in [5.41, 5.74) is 1.29. The van der Waals surface area contributed by atoms with Crippen LogP contribution >= 0.6 is 12.2 Å². The fourth-order valence-corrected chi connectivity index (χ4v) is 2.21. The molecule has 1 fully saturated rings. The molecule has 90 valence electrons. The Balaban J connectivity index is 2.34. The molecular formula is C10H12N4O2S. The fraction of sp³-hybridized carbons (Fsp3) is 0.500. The minimum atomic E-state index is -0.157. The zero-order valence-corrected chi connectivity index (χ0v) is 10.4. The highest BCUT2D eigenvalue weighted by atomic mass is 32.1. The molecule has 2 aromatic heterocycles. The van der Waals surface area contributed by atoms with Crippen molar-refractivity contribution in [1.29, 1.82) is 0 Å². The van der Waals surface area contributed by atoms with E-state index in [-0.39, 0.29) is 11.8 Å². The number of fused-ring (bicyclic) bond motifs is 1. The van der Waals surface area contributed by atoms with Gasteiger partial charge in [0.05, 0.1) is 25.6 Å². The summed E-state index contributed by atoms with van der Waals surface area (Å²) >= 11 is 5.30. The highest BCUT2D eigenvalue weighted by Crippen LogP contribution is 2.17. The molecule has 0 saturated carbocycles. The van der Waals surface area contributed by atoms with Crippen molar-refractivity contribution in [2.75, 3.05) is 6.61 Å². The number of aryl methyl sites for hydroxylation is 1. The van der Waals surface area contributed by atoms with Crippen molar-refractivity contribution in [3.8, 4) is 0 Å². The molecule has 3 rings (SSSR count). The van der Waals surface area contributed by atoms with E-state index in [1.165, 1.54) is 9.13 Å². The van der Waals surface area contributed by atoms with Gasteiger partial charge in [-0.3, -0.25) is 9.13 Å². The van der Waals surface area contributed by atoms with Gasteiger partial charge in [0.15, 0.2) is 5.65 Å². The number of ether oxygens (including phenoxy) is 1. The lowest BCUT2D eigenvalue weighted by molar-refractivity contribution is 0.385. The normalized spacial score (nSPS) is 18.8. The zero-order chi connectivity index (χ0) is 12.2. The lowest BCUT2D eigenvalue weighted by Gasteiger charge is -2.06. The molecule has 3 heterocycles. The van der Waals surface area contributed by atoms with Crippen LogP contribution in [0.15, 0.2) is 11.1 Å². The molecule has 17 heavy (non-hydrogen) atoms. The third kappa shape index (κ3) is 1.54. The average molecular weight is 252 g/mol. The number of imidazole rings is 1. The Labute approximate surface area is 102 Å². The van der Waals surface area contributed by atoms with Crippen molar-refractivity contribution in [1.82, 2.24) is 18.7 Å². The van der Waals surface area contributed by atoms with Crippen molar-refractivity contribution >= 4 is 23.4 Å². The SMILES string of the molecule is Cn1c(=S)c2c(ncn2CC2CO2)n(C)c1=O. The molecule has 6 nitrogen and oxygen atoms in total. The van der Waals surface area contributed by atoms with Gasteiger partial charge in [-0.25, -0.2) is 9.78 Å². The van der Waals surface area contributed by atoms with Crippen LogP contribution in [0.5, 0.6) is 0 Å². The Morgan fingerprint density at radius 2 is 2.24 bits per heavy atom. The van der Waals surface area contributed by atoms with Gasteiger partial charge in [-0.15, -0.1) is 0 Å². The third-order valence-corrected chi connectivity index (χ3v) is 3.49. The van der Waals surface area contributed by atoms with Gasteiger partial charge in [0.2, 0.25) is 0 Å². The second-order valence-corrected chi connectivity index (χ2v) is 4.62. The topological polar surface area (TPSA) is 57.3 Å². The maximum Gasteiger partial charge on any atom is 0.330 e. The molecule has 0 spiro atoms. The van der Waals surface area contributed by atoms with E-state index in [0.29, 0.717) is 10.3 Å². The molecule has 0 amide bonds. The Kier molecular flexibility index (Phi) is 2.20. The summed E-state index contributed by atoms with van der Waals surface area (Å²) in [6.07, 6.45) is 1.96. The van der Waals surface area contributed by atoms with Crippen LogP contribution in [0.25, 0.3) is 11.2 Å². The number of epoxide rings is 1. The molecule has 1 saturated heterocycles. The van der Waals surface area contributed by atoms with E-state index in [0.717, 1.165) is 18.7 Å². The van der Waals surface area contributed by atoms with E-state index in [9.17, 15) is 4.79 Å². The van der Waals surface area contributed by atoms with Crippen LogP contribution in [0.3, 0.4) is 0 Å². The minimum Gasteiger partial charge on any atom is -0.371 e. The molecule has 7 heteroatoms. The van der Waals surface area contributed by atoms with Gasteiger partial charge in [-0.2, -0.15) is 0 Å². The van der Waals surface area contributed by atoms with Gasteiger partial charge < -0.3 is 9.30 Å². The number of hydrogen-bond acceptors (Lipinski definition) is 4. The van der Waals surface area contributed by atoms with Crippen molar-refractivity contribution in [2.24, 2.45) is 14.1 Å². The summed E-state index contributed by atoms with van der Waals surface area (Å²) in [6, 6.07) is 0. The summed E-state index contributed by atoms with van der Waals surface area (Å²) in [5, 5.41) is 0. The molecule has 0 bridgehead atoms. The van der Waals surface area contributed by atoms with E-state index in [4.69, 9.17) is 17.0 Å². The predicted octanol–water partition coefficient (Wildman–Crippen LogP) is 0.202. The van der Waals surface area contributed by atoms with Gasteiger partial charge >= 0.3 is 5.69 Å². The summed E-state index contributed by atoms with van der Waals surface area (Å²) in [6.45, 7) is 1.52. The van der Waals surface area contributed by atoms with Crippen LogP contribution in [-0.2, 0) is 25.4 Å². The minimum absolute atomic E-state index is 0.157. The molecule has 0 radical (unpaired) electrons. The van der Waals surface area contributed by atoms with Gasteiger partial charge in [-0.1, -0.05) is 12.2 Å². The molecule has 0 N–H and O–H groups in total. The first kappa shape index (κ1) is 10.7. The van der Waals surface area contributed by atoms with Crippen LogP contribution in [0.1, 0.15) is 0 Å². The highest BCUT2D eigenvalue weighted by molar-refractivity contribution is 7.71. The van der Waals surface area contributed by atoms with Crippen LogP contribution in [0, 0.1) is 4.64 Å². The van der Waals surface area contributed by atoms with Crippen LogP contribution in [0.4, 0.5) is 0 Å². The number of aromatic nitrogens is 4. The molecule has 1 aliphatic rings. The van der Waals surface area contributed by atoms with Gasteiger partial charge in [-0.05, 0) is 0 Å². The Bertz CT molecular complexity index is 707. The first-order chi connectivity index (χ1) is 8.09. The highest BCUT2D eigenvalue weighted by Gasteiger charge is 2.24. The third-order valence-electron chi connectivity index (χ3n) is 3.02. The lowest BCUT2D eigenvalue weighted by atomic mass is 10.4. The standard InChI is InChI=1S/C10H12N4O2S/c1-12-8-7(9(17)13(2)10(12)15)14(5-11-8)3-6-4-16-6/h5-6H,3-4H2,1-2H3. The van der Waals surface area contributed by atoms with Gasteiger partial charge in [0.1, 0.15) is 10.2 Å². The first-order valence-corrected chi connectivity index (χ1v) is 5.73. The molecule has 2 aromatic rings. The molecule has 1 unspecified atom stereocenters. The summed E-state index contributed by atoms with van der Waals surface area (Å²) < 4.78 is 10.6. The van der Waals surface area contributed by atoms with E-state index in [1.807, 2.05) is 4.57 Å². The number of hydrogen-bond donors (Lipinski definition) is 0. The van der Waals surface area contributed by atoms with Crippen molar-refractivity contribution < 1.29 is 4.74 Å². The van der Waals surface area contributed by atoms with Crippen molar-refractivity contribution in [3.63, 3.8) is 0 Å². The van der Waals surface area contributed by atoms with Crippen molar-refractivity contribution in [2.45, 2.75) is 12.6 Å². The zero-order valence-electron chi connectivity index (χ0n) is 9.58. The number of rotatable bonds is 2. The Hall–Kier alpha value is -1.47. The van der Waals surface area contributed by atoms with E-state index in [2.05, 4.69) is 4.98 Å². The molecule has 1 aliphatic heterocycles. The maximum atomic E-state index is 11.8. The van der Waals surface area contributed by atoms with E-state index >= 15 is 0 Å². The molecule has 1 atom stereocenters. The smallest absolute Gasteiger partial charge is 0.330 e. The first-order valence-electron chi connectivity index (χ1n) is 5.32. The Morgan fingerprint density at radius 3 is 2.88 bits per heavy atom. The lowest BCUT2D eigenvalue weighted by Crippen LogP contribution is -2.28. The molecule has 0 aliphatic carbocycles. The maximum absolute atomic E-state index is 11.8. The van der Waals surface area contributed by atoms with Gasteiger partial charge in [0, 0.05) is 14.1 Å². The van der Waals surface area contributed by atoms with E-state index < -0.39 is 0 Å². The van der Waals surface area contributed by atoms with E-state index in [1.54, 1.807) is 20.4 Å².